The van der Waals surface area contributed by atoms with E-state index in [4.69, 9.17) is 18.5 Å². The van der Waals surface area contributed by atoms with Gasteiger partial charge in [0.2, 0.25) is 0 Å². The Balaban J connectivity index is 4.64. The number of aliphatic hydroxyl groups is 3. The number of likely N-dealkylation sites (N-methyl/N-ethyl adjacent to an activating group) is 1. The molecule has 0 bridgehead atoms. The van der Waals surface area contributed by atoms with Crippen LogP contribution in [-0.4, -0.2) is 103 Å². The monoisotopic (exact) mass is 841 g/mol. The molecular weight excluding hydrogens is 757 g/mol. The summed E-state index contributed by atoms with van der Waals surface area (Å²) < 4.78 is 34.5. The van der Waals surface area contributed by atoms with Crippen molar-refractivity contribution in [2.45, 2.75) is 167 Å². The number of carbonyl (C=O) groups excluding carboxylic acids is 1. The van der Waals surface area contributed by atoms with Crippen LogP contribution in [-0.2, 0) is 27.9 Å². The van der Waals surface area contributed by atoms with Gasteiger partial charge in [0.05, 0.1) is 52.3 Å². The third-order valence-electron chi connectivity index (χ3n) is 9.20. The van der Waals surface area contributed by atoms with Crippen molar-refractivity contribution < 1.29 is 52.6 Å². The van der Waals surface area contributed by atoms with Crippen molar-refractivity contribution in [2.75, 3.05) is 47.5 Å². The fourth-order valence-electron chi connectivity index (χ4n) is 5.50. The molecule has 336 valence electrons. The first-order valence-electron chi connectivity index (χ1n) is 22.1. The third kappa shape index (κ3) is 39.1. The van der Waals surface area contributed by atoms with Gasteiger partial charge in [0.15, 0.2) is 6.10 Å². The number of hydrogen-bond acceptors (Lipinski definition) is 9. The Morgan fingerprint density at radius 3 is 1.83 bits per heavy atom. The highest BCUT2D eigenvalue weighted by atomic mass is 31.2. The molecule has 58 heavy (non-hydrogen) atoms. The highest BCUT2D eigenvalue weighted by Crippen LogP contribution is 2.43. The average Bonchev–Trinajstić information content (AvgIpc) is 3.17. The molecule has 0 aliphatic heterocycles. The SMILES string of the molecule is CCCCCC/C=C\CCCCCCCC/C=C/O[C@H](COC(=O)CCC[C@@H](O)[C@H](O)/C=C/C=C/C=C\C=C\[C@H](O)CCCCC)COP(=O)(O)OCC[N+](C)(C)C. The maximum Gasteiger partial charge on any atom is 0.472 e. The quantitative estimate of drug-likeness (QED) is 0.00895. The molecule has 0 fully saturated rings. The molecule has 0 saturated carbocycles. The number of quaternary nitrogens is 1. The van der Waals surface area contributed by atoms with Gasteiger partial charge < -0.3 is 34.2 Å². The molecule has 0 heterocycles. The minimum Gasteiger partial charge on any atom is -0.492 e. The fourth-order valence-corrected chi connectivity index (χ4v) is 6.24. The minimum atomic E-state index is -4.35. The van der Waals surface area contributed by atoms with Gasteiger partial charge in [-0.3, -0.25) is 13.8 Å². The lowest BCUT2D eigenvalue weighted by atomic mass is 10.1. The van der Waals surface area contributed by atoms with Gasteiger partial charge in [-0.1, -0.05) is 139 Å². The predicted octanol–water partition coefficient (Wildman–Crippen LogP) is 9.97. The van der Waals surface area contributed by atoms with E-state index in [0.717, 1.165) is 51.4 Å². The lowest BCUT2D eigenvalue weighted by Crippen LogP contribution is -2.37. The summed E-state index contributed by atoms with van der Waals surface area (Å²) in [7, 11) is 1.47. The summed E-state index contributed by atoms with van der Waals surface area (Å²) in [6.45, 7) is 4.37. The minimum absolute atomic E-state index is 0.00487. The lowest BCUT2D eigenvalue weighted by Gasteiger charge is -2.24. The number of phosphoric ester groups is 1. The Morgan fingerprint density at radius 1 is 0.655 bits per heavy atom. The molecule has 0 aromatic carbocycles. The average molecular weight is 841 g/mol. The predicted molar refractivity (Wildman–Crippen MR) is 237 cm³/mol. The molecule has 0 aromatic rings. The number of hydrogen-bond donors (Lipinski definition) is 4. The van der Waals surface area contributed by atoms with Crippen LogP contribution in [0.5, 0.6) is 0 Å². The third-order valence-corrected chi connectivity index (χ3v) is 10.2. The molecule has 11 nitrogen and oxygen atoms in total. The van der Waals surface area contributed by atoms with Gasteiger partial charge in [-0.25, -0.2) is 4.57 Å². The van der Waals surface area contributed by atoms with Gasteiger partial charge in [0, 0.05) is 6.42 Å². The van der Waals surface area contributed by atoms with Crippen LogP contribution in [0.15, 0.2) is 73.1 Å². The Labute approximate surface area is 352 Å². The smallest absolute Gasteiger partial charge is 0.472 e. The largest absolute Gasteiger partial charge is 0.492 e. The van der Waals surface area contributed by atoms with Gasteiger partial charge in [-0.2, -0.15) is 0 Å². The van der Waals surface area contributed by atoms with Crippen LogP contribution in [0.3, 0.4) is 0 Å². The first-order chi connectivity index (χ1) is 27.8. The summed E-state index contributed by atoms with van der Waals surface area (Å²) in [6.07, 6.45) is 38.3. The summed E-state index contributed by atoms with van der Waals surface area (Å²) in [6, 6.07) is 0. The highest BCUT2D eigenvalue weighted by Gasteiger charge is 2.26. The zero-order valence-corrected chi connectivity index (χ0v) is 37.7. The van der Waals surface area contributed by atoms with Crippen molar-refractivity contribution in [3.8, 4) is 0 Å². The second-order valence-electron chi connectivity index (χ2n) is 16.0. The second kappa shape index (κ2) is 37.6. The molecule has 1 unspecified atom stereocenters. The first kappa shape index (κ1) is 55.7. The van der Waals surface area contributed by atoms with Crippen molar-refractivity contribution >= 4 is 13.8 Å². The van der Waals surface area contributed by atoms with E-state index in [1.165, 1.54) is 70.1 Å². The van der Waals surface area contributed by atoms with Crippen molar-refractivity contribution in [1.82, 2.24) is 0 Å². The topological polar surface area (TPSA) is 152 Å². The molecule has 5 atom stereocenters. The molecule has 0 spiro atoms. The maximum atomic E-state index is 12.5. The van der Waals surface area contributed by atoms with Gasteiger partial charge in [0.25, 0.3) is 0 Å². The van der Waals surface area contributed by atoms with Crippen molar-refractivity contribution in [1.29, 1.82) is 0 Å². The van der Waals surface area contributed by atoms with Crippen LogP contribution >= 0.6 is 7.82 Å². The van der Waals surface area contributed by atoms with Crippen LogP contribution in [0.2, 0.25) is 0 Å². The number of phosphoric acid groups is 1. The van der Waals surface area contributed by atoms with Crippen molar-refractivity contribution in [2.24, 2.45) is 0 Å². The van der Waals surface area contributed by atoms with Crippen LogP contribution in [0.25, 0.3) is 0 Å². The molecule has 0 rings (SSSR count). The Bertz CT molecular complexity index is 1210. The fraction of sp³-hybridized carbons (Fsp3) is 0.717. The van der Waals surface area contributed by atoms with Crippen LogP contribution in [0, 0.1) is 0 Å². The molecule has 12 heteroatoms. The van der Waals surface area contributed by atoms with E-state index >= 15 is 0 Å². The maximum absolute atomic E-state index is 12.5. The molecule has 0 saturated heterocycles. The number of rotatable bonds is 39. The van der Waals surface area contributed by atoms with E-state index in [-0.39, 0.29) is 39.1 Å². The lowest BCUT2D eigenvalue weighted by molar-refractivity contribution is -0.870. The van der Waals surface area contributed by atoms with Crippen LogP contribution < -0.4 is 0 Å². The van der Waals surface area contributed by atoms with Crippen LogP contribution in [0.4, 0.5) is 0 Å². The summed E-state index contributed by atoms with van der Waals surface area (Å²) in [5.41, 5.74) is 0. The number of carbonyl (C=O) groups is 1. The van der Waals surface area contributed by atoms with Crippen LogP contribution in [0.1, 0.15) is 142 Å². The number of aliphatic hydroxyl groups excluding tert-OH is 3. The summed E-state index contributed by atoms with van der Waals surface area (Å²) in [5, 5.41) is 30.5. The normalized spacial score (nSPS) is 16.0. The first-order valence-corrected chi connectivity index (χ1v) is 23.5. The van der Waals surface area contributed by atoms with Crippen molar-refractivity contribution in [3.05, 3.63) is 73.1 Å². The molecule has 0 aromatic heterocycles. The molecule has 0 amide bonds. The number of allylic oxidation sites excluding steroid dienone is 9. The van der Waals surface area contributed by atoms with Gasteiger partial charge in [0.1, 0.15) is 19.8 Å². The zero-order chi connectivity index (χ0) is 43.2. The second-order valence-corrected chi connectivity index (χ2v) is 17.5. The number of unbranched alkanes of at least 4 members (excludes halogenated alkanes) is 13. The molecule has 0 aliphatic carbocycles. The Kier molecular flexibility index (Phi) is 36.1. The number of esters is 1. The van der Waals surface area contributed by atoms with Gasteiger partial charge in [-0.15, -0.1) is 0 Å². The number of nitrogens with zero attached hydrogens (tertiary/aromatic N) is 1. The van der Waals surface area contributed by atoms with Crippen molar-refractivity contribution in [3.63, 3.8) is 0 Å². The van der Waals surface area contributed by atoms with E-state index in [2.05, 4.69) is 26.0 Å². The molecular formula is C46H83NO10P+. The standard InChI is InChI=1S/C46H82NO10P/c1-6-8-10-11-12-13-14-15-16-17-18-19-20-23-26-30-38-54-43(41-57-58(52,53)56-39-37-47(3,4)5)40-55-46(51)36-31-35-45(50)44(49)34-29-25-22-21-24-28-33-42(48)32-27-9-7-2/h13-14,21-22,24-25,28-30,33-34,38,42-45,48-50H,6-12,15-20,23,26-27,31-32,35-37,39-41H2,1-5H3/p+1/b14-13-,24-21-,25-22+,33-28+,34-29+,38-30+/t42-,43-,44-,45-/m1/s1. The van der Waals surface area contributed by atoms with E-state index in [9.17, 15) is 29.6 Å². The summed E-state index contributed by atoms with van der Waals surface area (Å²) in [5.74, 6) is -0.531. The summed E-state index contributed by atoms with van der Waals surface area (Å²) in [4.78, 5) is 22.7. The van der Waals surface area contributed by atoms with Gasteiger partial charge in [-0.05, 0) is 63.9 Å². The summed E-state index contributed by atoms with van der Waals surface area (Å²) >= 11 is 0. The number of ether oxygens (including phenoxy) is 2. The molecule has 0 radical (unpaired) electrons. The molecule has 0 aliphatic rings. The van der Waals surface area contributed by atoms with E-state index < -0.39 is 38.2 Å². The van der Waals surface area contributed by atoms with E-state index in [1.807, 2.05) is 33.3 Å². The molecule has 4 N–H and O–H groups in total. The Morgan fingerprint density at radius 2 is 1.21 bits per heavy atom. The Hall–Kier alpha value is -2.34. The zero-order valence-electron chi connectivity index (χ0n) is 36.8. The van der Waals surface area contributed by atoms with E-state index in [0.29, 0.717) is 11.0 Å². The van der Waals surface area contributed by atoms with E-state index in [1.54, 1.807) is 36.5 Å². The van der Waals surface area contributed by atoms with Gasteiger partial charge >= 0.3 is 13.8 Å². The highest BCUT2D eigenvalue weighted by molar-refractivity contribution is 7.47.